The summed E-state index contributed by atoms with van der Waals surface area (Å²) in [4.78, 5) is 25.1. The smallest absolute Gasteiger partial charge is 0.244 e. The second-order valence-corrected chi connectivity index (χ2v) is 4.65. The summed E-state index contributed by atoms with van der Waals surface area (Å²) in [6.07, 6.45) is 0. The molecule has 0 saturated heterocycles. The highest BCUT2D eigenvalue weighted by Crippen LogP contribution is 2.23. The average molecular weight is 303 g/mol. The Morgan fingerprint density at radius 3 is 2.68 bits per heavy atom. The summed E-state index contributed by atoms with van der Waals surface area (Å²) < 4.78 is 10.1. The number of anilines is 2. The van der Waals surface area contributed by atoms with E-state index in [4.69, 9.17) is 9.26 Å². The molecule has 0 aliphatic rings. The van der Waals surface area contributed by atoms with E-state index in [1.807, 2.05) is 0 Å². The quantitative estimate of drug-likeness (QED) is 0.913. The summed E-state index contributed by atoms with van der Waals surface area (Å²) >= 11 is 0. The van der Waals surface area contributed by atoms with E-state index in [-0.39, 0.29) is 18.4 Å². The number of carbonyl (C=O) groups excluding carboxylic acids is 2. The van der Waals surface area contributed by atoms with Gasteiger partial charge in [-0.1, -0.05) is 17.3 Å². The van der Waals surface area contributed by atoms with Crippen molar-refractivity contribution >= 4 is 23.3 Å². The molecule has 2 aromatic rings. The molecule has 0 saturated carbocycles. The van der Waals surface area contributed by atoms with Crippen LogP contribution in [0.2, 0.25) is 0 Å². The number of rotatable bonds is 5. The van der Waals surface area contributed by atoms with Gasteiger partial charge in [0, 0.05) is 13.0 Å². The fraction of sp³-hybridized carbons (Fsp3) is 0.267. The van der Waals surface area contributed by atoms with Gasteiger partial charge in [0.15, 0.2) is 5.82 Å². The zero-order valence-electron chi connectivity index (χ0n) is 12.6. The highest BCUT2D eigenvalue weighted by molar-refractivity contribution is 6.01. The Morgan fingerprint density at radius 2 is 2.09 bits per heavy atom. The fourth-order valence-corrected chi connectivity index (χ4v) is 1.92. The first kappa shape index (κ1) is 15.6. The van der Waals surface area contributed by atoms with Crippen LogP contribution in [0.4, 0.5) is 11.5 Å². The topological polar surface area (TPSA) is 84.7 Å². The number of para-hydroxylation sites is 2. The molecule has 2 rings (SSSR count). The van der Waals surface area contributed by atoms with Crippen LogP contribution in [0.3, 0.4) is 0 Å². The maximum Gasteiger partial charge on any atom is 0.244 e. The van der Waals surface area contributed by atoms with Gasteiger partial charge in [0.25, 0.3) is 0 Å². The normalized spacial score (nSPS) is 10.1. The first-order chi connectivity index (χ1) is 10.5. The molecular formula is C15H17N3O4. The lowest BCUT2D eigenvalue weighted by Gasteiger charge is -2.17. The maximum absolute atomic E-state index is 12.2. The number of methoxy groups -OCH3 is 1. The summed E-state index contributed by atoms with van der Waals surface area (Å²) in [6.45, 7) is 2.91. The first-order valence-corrected chi connectivity index (χ1v) is 6.65. The molecule has 116 valence electrons. The predicted molar refractivity (Wildman–Crippen MR) is 80.9 cm³/mol. The van der Waals surface area contributed by atoms with Gasteiger partial charge >= 0.3 is 0 Å². The number of carbonyl (C=O) groups is 2. The molecular weight excluding hydrogens is 286 g/mol. The van der Waals surface area contributed by atoms with Crippen LogP contribution in [0.15, 0.2) is 34.9 Å². The minimum atomic E-state index is -0.361. The maximum atomic E-state index is 12.2. The Labute approximate surface area is 127 Å². The van der Waals surface area contributed by atoms with Gasteiger partial charge in [0.2, 0.25) is 11.8 Å². The molecule has 0 aliphatic heterocycles. The minimum Gasteiger partial charge on any atom is -0.495 e. The van der Waals surface area contributed by atoms with E-state index in [9.17, 15) is 9.59 Å². The SMILES string of the molecule is COc1ccccc1NC(=O)CN(C(C)=O)c1cc(C)on1. The number of benzene rings is 1. The fourth-order valence-electron chi connectivity index (χ4n) is 1.92. The molecule has 0 atom stereocenters. The van der Waals surface area contributed by atoms with Gasteiger partial charge in [-0.15, -0.1) is 0 Å². The molecule has 1 N–H and O–H groups in total. The van der Waals surface area contributed by atoms with Crippen LogP contribution in [-0.4, -0.2) is 30.6 Å². The van der Waals surface area contributed by atoms with Gasteiger partial charge in [0.05, 0.1) is 12.8 Å². The van der Waals surface area contributed by atoms with Crippen molar-refractivity contribution in [3.05, 3.63) is 36.1 Å². The van der Waals surface area contributed by atoms with Gasteiger partial charge in [0.1, 0.15) is 18.1 Å². The molecule has 2 amide bonds. The van der Waals surface area contributed by atoms with Crippen molar-refractivity contribution in [3.8, 4) is 5.75 Å². The summed E-state index contributed by atoms with van der Waals surface area (Å²) in [6, 6.07) is 8.63. The molecule has 7 heteroatoms. The lowest BCUT2D eigenvalue weighted by atomic mass is 10.3. The van der Waals surface area contributed by atoms with Crippen molar-refractivity contribution in [1.29, 1.82) is 0 Å². The van der Waals surface area contributed by atoms with Crippen LogP contribution in [0.1, 0.15) is 12.7 Å². The minimum absolute atomic E-state index is 0.167. The number of nitrogens with one attached hydrogen (secondary N) is 1. The zero-order valence-corrected chi connectivity index (χ0v) is 12.6. The van der Waals surface area contributed by atoms with Crippen LogP contribution in [0, 0.1) is 6.92 Å². The van der Waals surface area contributed by atoms with Crippen molar-refractivity contribution in [2.45, 2.75) is 13.8 Å². The van der Waals surface area contributed by atoms with E-state index in [2.05, 4.69) is 10.5 Å². The lowest BCUT2D eigenvalue weighted by molar-refractivity contribution is -0.120. The molecule has 1 aromatic carbocycles. The van der Waals surface area contributed by atoms with E-state index in [1.54, 1.807) is 37.3 Å². The number of ether oxygens (including phenoxy) is 1. The molecule has 0 fully saturated rings. The van der Waals surface area contributed by atoms with E-state index >= 15 is 0 Å². The van der Waals surface area contributed by atoms with Gasteiger partial charge in [-0.05, 0) is 19.1 Å². The number of aryl methyl sites for hydroxylation is 1. The number of nitrogens with zero attached hydrogens (tertiary/aromatic N) is 2. The Morgan fingerprint density at radius 1 is 1.36 bits per heavy atom. The summed E-state index contributed by atoms with van der Waals surface area (Å²) in [5, 5.41) is 6.46. The van der Waals surface area contributed by atoms with Crippen molar-refractivity contribution in [2.24, 2.45) is 0 Å². The highest BCUT2D eigenvalue weighted by Gasteiger charge is 2.19. The van der Waals surface area contributed by atoms with E-state index in [1.165, 1.54) is 18.9 Å². The first-order valence-electron chi connectivity index (χ1n) is 6.65. The zero-order chi connectivity index (χ0) is 16.1. The molecule has 1 heterocycles. The molecule has 0 aliphatic carbocycles. The summed E-state index contributed by atoms with van der Waals surface area (Å²) in [5.74, 6) is 0.748. The lowest BCUT2D eigenvalue weighted by Crippen LogP contribution is -2.36. The Bertz CT molecular complexity index is 681. The molecule has 0 bridgehead atoms. The third-order valence-corrected chi connectivity index (χ3v) is 2.95. The third-order valence-electron chi connectivity index (χ3n) is 2.95. The van der Waals surface area contributed by atoms with E-state index in [0.29, 0.717) is 23.0 Å². The number of amides is 2. The molecule has 7 nitrogen and oxygen atoms in total. The molecule has 0 unspecified atom stereocenters. The second-order valence-electron chi connectivity index (χ2n) is 4.65. The standard InChI is InChI=1S/C15H17N3O4/c1-10-8-14(17-22-10)18(11(2)19)9-15(20)16-12-6-4-5-7-13(12)21-3/h4-8H,9H2,1-3H3,(H,16,20). The van der Waals surface area contributed by atoms with Crippen LogP contribution < -0.4 is 15.0 Å². The van der Waals surface area contributed by atoms with Crippen molar-refractivity contribution in [1.82, 2.24) is 5.16 Å². The van der Waals surface area contributed by atoms with Gasteiger partial charge in [-0.25, -0.2) is 0 Å². The largest absolute Gasteiger partial charge is 0.495 e. The van der Waals surface area contributed by atoms with Gasteiger partial charge in [-0.3, -0.25) is 14.5 Å². The summed E-state index contributed by atoms with van der Waals surface area (Å²) in [7, 11) is 1.52. The van der Waals surface area contributed by atoms with Gasteiger partial charge < -0.3 is 14.6 Å². The Balaban J connectivity index is 2.10. The molecule has 1 aromatic heterocycles. The van der Waals surface area contributed by atoms with Crippen molar-refractivity contribution in [2.75, 3.05) is 23.9 Å². The Kier molecular flexibility index (Phi) is 4.77. The molecule has 0 radical (unpaired) electrons. The van der Waals surface area contributed by atoms with Crippen LogP contribution >= 0.6 is 0 Å². The van der Waals surface area contributed by atoms with E-state index < -0.39 is 0 Å². The monoisotopic (exact) mass is 303 g/mol. The second kappa shape index (κ2) is 6.75. The Hall–Kier alpha value is -2.83. The van der Waals surface area contributed by atoms with Crippen molar-refractivity contribution < 1.29 is 18.8 Å². The predicted octanol–water partition coefficient (Wildman–Crippen LogP) is 1.98. The molecule has 22 heavy (non-hydrogen) atoms. The number of hydrogen-bond acceptors (Lipinski definition) is 5. The van der Waals surface area contributed by atoms with Crippen molar-refractivity contribution in [3.63, 3.8) is 0 Å². The van der Waals surface area contributed by atoms with Crippen LogP contribution in [0.5, 0.6) is 5.75 Å². The third kappa shape index (κ3) is 3.63. The highest BCUT2D eigenvalue weighted by atomic mass is 16.5. The molecule has 0 spiro atoms. The number of aromatic nitrogens is 1. The van der Waals surface area contributed by atoms with E-state index in [0.717, 1.165) is 0 Å². The van der Waals surface area contributed by atoms with Crippen LogP contribution in [-0.2, 0) is 9.59 Å². The number of hydrogen-bond donors (Lipinski definition) is 1. The van der Waals surface area contributed by atoms with Gasteiger partial charge in [-0.2, -0.15) is 0 Å². The van der Waals surface area contributed by atoms with Crippen LogP contribution in [0.25, 0.3) is 0 Å². The summed E-state index contributed by atoms with van der Waals surface area (Å²) in [5.41, 5.74) is 0.537. The average Bonchev–Trinajstić information content (AvgIpc) is 2.91.